The van der Waals surface area contributed by atoms with Crippen LogP contribution in [0.2, 0.25) is 0 Å². The molecule has 0 spiro atoms. The van der Waals surface area contributed by atoms with Crippen molar-refractivity contribution in [2.45, 2.75) is 414 Å². The summed E-state index contributed by atoms with van der Waals surface area (Å²) in [4.78, 5) is 72.9. The van der Waals surface area contributed by atoms with Crippen LogP contribution in [0, 0.1) is 17.8 Å². The summed E-state index contributed by atoms with van der Waals surface area (Å²) in [5.41, 5.74) is 0. The molecule has 19 heteroatoms. The zero-order valence-corrected chi connectivity index (χ0v) is 66.9. The maximum Gasteiger partial charge on any atom is 0.472 e. The molecule has 590 valence electrons. The summed E-state index contributed by atoms with van der Waals surface area (Å²) < 4.78 is 68.6. The third-order valence-electron chi connectivity index (χ3n) is 19.0. The summed E-state index contributed by atoms with van der Waals surface area (Å²) in [5.74, 6) is 0.209. The van der Waals surface area contributed by atoms with Crippen LogP contribution in [0.1, 0.15) is 395 Å². The first-order valence-electron chi connectivity index (χ1n) is 41.2. The molecule has 0 heterocycles. The van der Waals surface area contributed by atoms with Gasteiger partial charge in [0, 0.05) is 25.7 Å². The molecule has 0 aliphatic rings. The molecule has 0 radical (unpaired) electrons. The van der Waals surface area contributed by atoms with Gasteiger partial charge in [0.1, 0.15) is 19.3 Å². The van der Waals surface area contributed by atoms with Crippen LogP contribution in [-0.2, 0) is 65.4 Å². The van der Waals surface area contributed by atoms with E-state index in [4.69, 9.17) is 37.0 Å². The molecular weight excluding hydrogens is 1310 g/mol. The highest BCUT2D eigenvalue weighted by molar-refractivity contribution is 7.47. The second kappa shape index (κ2) is 70.8. The number of aliphatic hydroxyl groups is 1. The Morgan fingerprint density at radius 1 is 0.330 bits per heavy atom. The summed E-state index contributed by atoms with van der Waals surface area (Å²) in [6, 6.07) is 0. The maximum absolute atomic E-state index is 13.1. The van der Waals surface area contributed by atoms with Gasteiger partial charge in [-0.2, -0.15) is 0 Å². The third-order valence-corrected chi connectivity index (χ3v) is 20.9. The fourth-order valence-electron chi connectivity index (χ4n) is 11.9. The molecule has 0 aliphatic heterocycles. The van der Waals surface area contributed by atoms with E-state index in [1.54, 1.807) is 0 Å². The number of aliphatic hydroxyl groups excluding tert-OH is 1. The Morgan fingerprint density at radius 2 is 0.590 bits per heavy atom. The summed E-state index contributed by atoms with van der Waals surface area (Å²) in [6.07, 6.45) is 62.0. The normalized spacial score (nSPS) is 14.7. The van der Waals surface area contributed by atoms with Crippen molar-refractivity contribution in [3.8, 4) is 0 Å². The first-order chi connectivity index (χ1) is 48.3. The van der Waals surface area contributed by atoms with Crippen molar-refractivity contribution < 1.29 is 80.2 Å². The molecule has 0 aromatic carbocycles. The minimum Gasteiger partial charge on any atom is -0.462 e. The summed E-state index contributed by atoms with van der Waals surface area (Å²) in [7, 11) is -9.93. The summed E-state index contributed by atoms with van der Waals surface area (Å²) in [5, 5.41) is 10.6. The zero-order chi connectivity index (χ0) is 73.7. The molecule has 17 nitrogen and oxygen atoms in total. The van der Waals surface area contributed by atoms with E-state index in [2.05, 4.69) is 72.8 Å². The number of phosphoric ester groups is 2. The summed E-state index contributed by atoms with van der Waals surface area (Å²) >= 11 is 0. The number of unbranched alkanes of at least 4 members (excludes halogenated alkanes) is 40. The van der Waals surface area contributed by atoms with E-state index >= 15 is 0 Å². The monoisotopic (exact) mass is 1460 g/mol. The number of esters is 4. The minimum atomic E-state index is -4.97. The maximum atomic E-state index is 13.1. The van der Waals surface area contributed by atoms with Crippen molar-refractivity contribution in [1.29, 1.82) is 0 Å². The van der Waals surface area contributed by atoms with Crippen LogP contribution in [0.4, 0.5) is 0 Å². The molecule has 0 rings (SSSR count). The molecule has 3 N–H and O–H groups in total. The third kappa shape index (κ3) is 71.2. The number of allylic oxidation sites excluding steroid dienone is 4. The van der Waals surface area contributed by atoms with E-state index in [1.165, 1.54) is 186 Å². The van der Waals surface area contributed by atoms with E-state index in [-0.39, 0.29) is 25.7 Å². The molecule has 0 fully saturated rings. The number of ether oxygens (including phenoxy) is 4. The lowest BCUT2D eigenvalue weighted by molar-refractivity contribution is -0.161. The van der Waals surface area contributed by atoms with Gasteiger partial charge in [0.05, 0.1) is 26.4 Å². The first-order valence-corrected chi connectivity index (χ1v) is 44.2. The molecule has 0 aromatic heterocycles. The Kier molecular flexibility index (Phi) is 69.1. The van der Waals surface area contributed by atoms with Crippen molar-refractivity contribution in [3.05, 3.63) is 24.3 Å². The quantitative estimate of drug-likeness (QED) is 0.0169. The Labute approximate surface area is 612 Å². The molecule has 0 saturated carbocycles. The van der Waals surface area contributed by atoms with Gasteiger partial charge in [-0.25, -0.2) is 9.13 Å². The Hall–Kier alpha value is -2.46. The Bertz CT molecular complexity index is 2040. The number of hydrogen-bond donors (Lipinski definition) is 3. The molecule has 7 atom stereocenters. The van der Waals surface area contributed by atoms with Gasteiger partial charge in [-0.15, -0.1) is 0 Å². The number of rotatable bonds is 77. The van der Waals surface area contributed by atoms with Crippen LogP contribution in [0.3, 0.4) is 0 Å². The van der Waals surface area contributed by atoms with Crippen LogP contribution in [0.5, 0.6) is 0 Å². The molecule has 0 aliphatic carbocycles. The smallest absolute Gasteiger partial charge is 0.462 e. The van der Waals surface area contributed by atoms with Gasteiger partial charge in [-0.1, -0.05) is 342 Å². The first kappa shape index (κ1) is 97.5. The predicted octanol–water partition coefficient (Wildman–Crippen LogP) is 23.7. The van der Waals surface area contributed by atoms with Crippen LogP contribution >= 0.6 is 15.6 Å². The zero-order valence-electron chi connectivity index (χ0n) is 65.2. The number of carbonyl (C=O) groups excluding carboxylic acids is 4. The van der Waals surface area contributed by atoms with Crippen LogP contribution < -0.4 is 0 Å². The van der Waals surface area contributed by atoms with Gasteiger partial charge in [-0.05, 0) is 69.1 Å². The largest absolute Gasteiger partial charge is 0.472 e. The fraction of sp³-hybridized carbons (Fsp3) is 0.901. The second-order valence-corrected chi connectivity index (χ2v) is 32.3. The molecule has 0 aromatic rings. The lowest BCUT2D eigenvalue weighted by Crippen LogP contribution is -2.30. The van der Waals surface area contributed by atoms with Gasteiger partial charge in [0.25, 0.3) is 0 Å². The fourth-order valence-corrected chi connectivity index (χ4v) is 13.5. The molecule has 0 amide bonds. The van der Waals surface area contributed by atoms with E-state index in [0.717, 1.165) is 121 Å². The number of carbonyl (C=O) groups is 4. The van der Waals surface area contributed by atoms with Crippen molar-refractivity contribution in [3.63, 3.8) is 0 Å². The van der Waals surface area contributed by atoms with Crippen LogP contribution in [0.15, 0.2) is 24.3 Å². The lowest BCUT2D eigenvalue weighted by Gasteiger charge is -2.21. The van der Waals surface area contributed by atoms with Crippen LogP contribution in [-0.4, -0.2) is 96.7 Å². The predicted molar refractivity (Wildman–Crippen MR) is 409 cm³/mol. The Balaban J connectivity index is 5.23. The molecule has 0 bridgehead atoms. The standard InChI is InChI=1S/C81H154O17P2/c1-8-11-12-13-14-15-16-17-22-26-29-36-41-50-57-65-81(86)98-77(69-92-79(84)63-56-49-44-43-45-52-59-72(4)5)71-96-100(89,90)94-67-75(82)66-93-99(87,88)95-70-76(68-91-78(83)62-55-48-40-35-32-31-34-39-47-54-61-74(7)10-3)97-80(85)64-58-51-42-37-30-27-24-21-19-18-20-23-25-28-33-38-46-53-60-73(6)9-2/h15-17,22,72-77,82H,8-14,18-21,23-71H2,1-7H3,(H,87,88)(H,89,90)/b16-15-,22-17-/t73?,74?,75-,76-,77-/m1/s1. The summed E-state index contributed by atoms with van der Waals surface area (Å²) in [6.45, 7) is 11.9. The molecule has 4 unspecified atom stereocenters. The average molecular weight is 1460 g/mol. The van der Waals surface area contributed by atoms with Gasteiger partial charge >= 0.3 is 39.5 Å². The van der Waals surface area contributed by atoms with E-state index in [0.29, 0.717) is 31.6 Å². The second-order valence-electron chi connectivity index (χ2n) is 29.4. The molecular formula is C81H154O17P2. The van der Waals surface area contributed by atoms with Crippen LogP contribution in [0.25, 0.3) is 0 Å². The van der Waals surface area contributed by atoms with Gasteiger partial charge in [0.15, 0.2) is 12.2 Å². The van der Waals surface area contributed by atoms with E-state index < -0.39 is 97.5 Å². The van der Waals surface area contributed by atoms with Gasteiger partial charge in [0.2, 0.25) is 0 Å². The topological polar surface area (TPSA) is 237 Å². The molecule has 100 heavy (non-hydrogen) atoms. The van der Waals surface area contributed by atoms with E-state index in [1.807, 2.05) is 0 Å². The lowest BCUT2D eigenvalue weighted by atomic mass is 9.99. The number of phosphoric acid groups is 2. The highest BCUT2D eigenvalue weighted by Crippen LogP contribution is 2.45. The SMILES string of the molecule is CCCCCC/C=C\C=C/CCCCCCCC(=O)O[C@H](COC(=O)CCCCCCCCC(C)C)COP(=O)(O)OC[C@H](O)COP(=O)(O)OC[C@@H](COC(=O)CCCCCCCCCCCCC(C)CC)OC(=O)CCCCCCCCCCCCCCCCCCCCC(C)CC. The van der Waals surface area contributed by atoms with Crippen molar-refractivity contribution in [2.75, 3.05) is 39.6 Å². The van der Waals surface area contributed by atoms with Gasteiger partial charge in [-0.3, -0.25) is 37.3 Å². The van der Waals surface area contributed by atoms with Crippen molar-refractivity contribution >= 4 is 39.5 Å². The van der Waals surface area contributed by atoms with Crippen molar-refractivity contribution in [2.24, 2.45) is 17.8 Å². The van der Waals surface area contributed by atoms with Crippen molar-refractivity contribution in [1.82, 2.24) is 0 Å². The highest BCUT2D eigenvalue weighted by atomic mass is 31.2. The van der Waals surface area contributed by atoms with Gasteiger partial charge < -0.3 is 33.8 Å². The minimum absolute atomic E-state index is 0.0838. The highest BCUT2D eigenvalue weighted by Gasteiger charge is 2.30. The Morgan fingerprint density at radius 3 is 0.890 bits per heavy atom. The average Bonchev–Trinajstić information content (AvgIpc) is 1.00. The molecule has 0 saturated heterocycles. The van der Waals surface area contributed by atoms with E-state index in [9.17, 15) is 43.2 Å². The number of hydrogen-bond acceptors (Lipinski definition) is 15.